The van der Waals surface area contributed by atoms with Crippen LogP contribution in [0.25, 0.3) is 0 Å². The Balaban J connectivity index is 1.91. The van der Waals surface area contributed by atoms with Crippen LogP contribution in [0.5, 0.6) is 0 Å². The maximum atomic E-state index is 12.9. The maximum absolute atomic E-state index is 12.9. The third-order valence-electron chi connectivity index (χ3n) is 3.89. The number of alkyl halides is 3. The minimum Gasteiger partial charge on any atom is -0.251 e. The second-order valence-electron chi connectivity index (χ2n) is 5.22. The quantitative estimate of drug-likeness (QED) is 0.810. The molecule has 0 aromatic carbocycles. The number of rotatable bonds is 2. The van der Waals surface area contributed by atoms with E-state index in [4.69, 9.17) is 0 Å². The molecule has 0 aromatic heterocycles. The van der Waals surface area contributed by atoms with Gasteiger partial charge in [-0.05, 0) is 25.7 Å². The summed E-state index contributed by atoms with van der Waals surface area (Å²) in [7, 11) is 0. The topological polar surface area (TPSA) is 15.3 Å². The van der Waals surface area contributed by atoms with Crippen molar-refractivity contribution in [2.24, 2.45) is 5.92 Å². The number of halogens is 3. The van der Waals surface area contributed by atoms with Gasteiger partial charge in [-0.1, -0.05) is 19.3 Å². The predicted molar refractivity (Wildman–Crippen MR) is 60.4 cm³/mol. The third kappa shape index (κ3) is 3.58. The zero-order valence-corrected chi connectivity index (χ0v) is 10.1. The first-order valence-electron chi connectivity index (χ1n) is 6.65. The van der Waals surface area contributed by atoms with Crippen molar-refractivity contribution in [3.05, 3.63) is 0 Å². The van der Waals surface area contributed by atoms with Crippen molar-refractivity contribution in [3.63, 3.8) is 0 Å². The lowest BCUT2D eigenvalue weighted by atomic mass is 9.84. The van der Waals surface area contributed by atoms with E-state index in [1.54, 1.807) is 0 Å². The van der Waals surface area contributed by atoms with Crippen LogP contribution in [0.3, 0.4) is 0 Å². The molecule has 0 spiro atoms. The van der Waals surface area contributed by atoms with Crippen molar-refractivity contribution in [2.45, 2.75) is 57.2 Å². The van der Waals surface area contributed by atoms with Crippen LogP contribution in [-0.4, -0.2) is 30.3 Å². The van der Waals surface area contributed by atoms with Crippen molar-refractivity contribution in [2.75, 3.05) is 13.1 Å². The molecule has 17 heavy (non-hydrogen) atoms. The monoisotopic (exact) mass is 250 g/mol. The minimum atomic E-state index is -4.05. The highest BCUT2D eigenvalue weighted by Gasteiger charge is 2.45. The van der Waals surface area contributed by atoms with E-state index in [2.05, 4.69) is 5.43 Å². The van der Waals surface area contributed by atoms with E-state index in [1.807, 2.05) is 5.01 Å². The average molecular weight is 250 g/mol. The molecule has 2 fully saturated rings. The summed E-state index contributed by atoms with van der Waals surface area (Å²) in [5, 5.41) is 2.00. The number of nitrogens with one attached hydrogen (secondary N) is 1. The molecule has 1 aliphatic carbocycles. The summed E-state index contributed by atoms with van der Waals surface area (Å²) in [6.45, 7) is 1.78. The van der Waals surface area contributed by atoms with E-state index in [-0.39, 0.29) is 6.42 Å². The van der Waals surface area contributed by atoms with Gasteiger partial charge in [0.2, 0.25) is 0 Å². The zero-order valence-electron chi connectivity index (χ0n) is 10.1. The molecule has 100 valence electrons. The van der Waals surface area contributed by atoms with Gasteiger partial charge in [0.05, 0.1) is 5.92 Å². The van der Waals surface area contributed by atoms with Crippen molar-refractivity contribution < 1.29 is 13.2 Å². The standard InChI is InChI=1S/C12H21F3N2/c13-12(14,15)10-6-2-3-7-11(10)16-17-8-4-1-5-9-17/h10-11,16H,1-9H2. The Labute approximate surface area is 101 Å². The molecular formula is C12H21F3N2. The molecule has 5 heteroatoms. The highest BCUT2D eigenvalue weighted by atomic mass is 19.4. The summed E-state index contributed by atoms with van der Waals surface area (Å²) >= 11 is 0. The molecule has 1 N–H and O–H groups in total. The Bertz CT molecular complexity index is 236. The number of hydrogen-bond acceptors (Lipinski definition) is 2. The van der Waals surface area contributed by atoms with Crippen LogP contribution < -0.4 is 5.43 Å². The van der Waals surface area contributed by atoms with Crippen molar-refractivity contribution in [3.8, 4) is 0 Å². The van der Waals surface area contributed by atoms with Gasteiger partial charge in [0.1, 0.15) is 0 Å². The second-order valence-corrected chi connectivity index (χ2v) is 5.22. The summed E-state index contributed by atoms with van der Waals surface area (Å²) < 4.78 is 38.7. The average Bonchev–Trinajstić information content (AvgIpc) is 2.30. The highest BCUT2D eigenvalue weighted by molar-refractivity contribution is 4.85. The van der Waals surface area contributed by atoms with Gasteiger partial charge in [-0.2, -0.15) is 13.2 Å². The third-order valence-corrected chi connectivity index (χ3v) is 3.89. The van der Waals surface area contributed by atoms with Gasteiger partial charge in [0, 0.05) is 19.1 Å². The summed E-state index contributed by atoms with van der Waals surface area (Å²) in [5.41, 5.74) is 3.13. The predicted octanol–water partition coefficient (Wildman–Crippen LogP) is 3.10. The first-order valence-corrected chi connectivity index (χ1v) is 6.65. The normalized spacial score (nSPS) is 32.6. The first kappa shape index (κ1) is 13.1. The zero-order chi connectivity index (χ0) is 12.3. The van der Waals surface area contributed by atoms with Gasteiger partial charge in [0.25, 0.3) is 0 Å². The molecule has 0 aromatic rings. The summed E-state index contributed by atoms with van der Waals surface area (Å²) in [5.74, 6) is -1.15. The molecule has 2 atom stereocenters. The summed E-state index contributed by atoms with van der Waals surface area (Å²) in [4.78, 5) is 0. The van der Waals surface area contributed by atoms with Gasteiger partial charge < -0.3 is 0 Å². The molecule has 2 nitrogen and oxygen atoms in total. The van der Waals surface area contributed by atoms with Crippen LogP contribution in [0, 0.1) is 5.92 Å². The second kappa shape index (κ2) is 5.57. The van der Waals surface area contributed by atoms with E-state index in [9.17, 15) is 13.2 Å². The fourth-order valence-corrected chi connectivity index (χ4v) is 2.93. The molecule has 2 unspecified atom stereocenters. The molecule has 1 heterocycles. The molecule has 0 bridgehead atoms. The van der Waals surface area contributed by atoms with E-state index >= 15 is 0 Å². The lowest BCUT2D eigenvalue weighted by Crippen LogP contribution is -2.53. The van der Waals surface area contributed by atoms with Crippen molar-refractivity contribution in [1.29, 1.82) is 0 Å². The highest BCUT2D eigenvalue weighted by Crippen LogP contribution is 2.37. The molecule has 1 saturated carbocycles. The molecule has 1 saturated heterocycles. The number of piperidine rings is 1. The van der Waals surface area contributed by atoms with Crippen molar-refractivity contribution >= 4 is 0 Å². The van der Waals surface area contributed by atoms with Crippen LogP contribution in [0.4, 0.5) is 13.2 Å². The molecule has 2 aliphatic rings. The van der Waals surface area contributed by atoms with E-state index in [0.29, 0.717) is 12.8 Å². The van der Waals surface area contributed by atoms with Crippen LogP contribution in [-0.2, 0) is 0 Å². The van der Waals surface area contributed by atoms with Crippen LogP contribution >= 0.6 is 0 Å². The number of nitrogens with zero attached hydrogens (tertiary/aromatic N) is 1. The molecule has 1 aliphatic heterocycles. The summed E-state index contributed by atoms with van der Waals surface area (Å²) in [6.07, 6.45) is 1.91. The first-order chi connectivity index (χ1) is 8.07. The van der Waals surface area contributed by atoms with E-state index in [0.717, 1.165) is 32.4 Å². The Hall–Kier alpha value is -0.290. The van der Waals surface area contributed by atoms with Crippen LogP contribution in [0.1, 0.15) is 44.9 Å². The Morgan fingerprint density at radius 1 is 0.882 bits per heavy atom. The van der Waals surface area contributed by atoms with Gasteiger partial charge in [-0.15, -0.1) is 0 Å². The fraction of sp³-hybridized carbons (Fsp3) is 1.00. The van der Waals surface area contributed by atoms with Crippen LogP contribution in [0.2, 0.25) is 0 Å². The smallest absolute Gasteiger partial charge is 0.251 e. The van der Waals surface area contributed by atoms with E-state index < -0.39 is 18.1 Å². The molecule has 2 rings (SSSR count). The van der Waals surface area contributed by atoms with Gasteiger partial charge in [0.15, 0.2) is 0 Å². The van der Waals surface area contributed by atoms with Gasteiger partial charge in [-0.3, -0.25) is 5.43 Å². The fourth-order valence-electron chi connectivity index (χ4n) is 2.93. The van der Waals surface area contributed by atoms with E-state index in [1.165, 1.54) is 6.42 Å². The van der Waals surface area contributed by atoms with Gasteiger partial charge >= 0.3 is 6.18 Å². The lowest BCUT2D eigenvalue weighted by molar-refractivity contribution is -0.193. The molecule has 0 radical (unpaired) electrons. The molecular weight excluding hydrogens is 229 g/mol. The Morgan fingerprint density at radius 3 is 2.18 bits per heavy atom. The summed E-state index contributed by atoms with van der Waals surface area (Å²) in [6, 6.07) is -0.401. The van der Waals surface area contributed by atoms with Crippen LogP contribution in [0.15, 0.2) is 0 Å². The maximum Gasteiger partial charge on any atom is 0.393 e. The number of hydrazine groups is 1. The minimum absolute atomic E-state index is 0.287. The Morgan fingerprint density at radius 2 is 1.53 bits per heavy atom. The van der Waals surface area contributed by atoms with Gasteiger partial charge in [-0.25, -0.2) is 5.01 Å². The van der Waals surface area contributed by atoms with Crippen molar-refractivity contribution in [1.82, 2.24) is 10.4 Å². The Kier molecular flexibility index (Phi) is 4.31. The lowest BCUT2D eigenvalue weighted by Gasteiger charge is -2.38. The largest absolute Gasteiger partial charge is 0.393 e. The number of hydrogen-bond donors (Lipinski definition) is 1. The molecule has 0 amide bonds. The SMILES string of the molecule is FC(F)(F)C1CCCCC1NN1CCCCC1.